The second-order valence-corrected chi connectivity index (χ2v) is 11.4. The number of para-hydroxylation sites is 1. The molecule has 0 radical (unpaired) electrons. The van der Waals surface area contributed by atoms with E-state index in [9.17, 15) is 19.1 Å². The Morgan fingerprint density at radius 3 is 2.43 bits per heavy atom. The molecule has 1 amide bonds. The molecule has 5 rings (SSSR count). The summed E-state index contributed by atoms with van der Waals surface area (Å²) < 4.78 is 30.4. The molecule has 0 aliphatic carbocycles. The van der Waals surface area contributed by atoms with Gasteiger partial charge in [-0.1, -0.05) is 42.5 Å². The first kappa shape index (κ1) is 30.5. The molecule has 0 unspecified atom stereocenters. The lowest BCUT2D eigenvalue weighted by Gasteiger charge is -2.17. The minimum atomic E-state index is -4.43. The Bertz CT molecular complexity index is 1830. The van der Waals surface area contributed by atoms with Crippen molar-refractivity contribution in [2.24, 2.45) is 0 Å². The number of ether oxygens (including phenoxy) is 2. The van der Waals surface area contributed by atoms with E-state index in [1.807, 2.05) is 67.6 Å². The molecule has 226 valence electrons. The molecule has 0 bridgehead atoms. The minimum Gasteiger partial charge on any atom is -0.493 e. The van der Waals surface area contributed by atoms with Gasteiger partial charge in [-0.15, -0.1) is 5.10 Å². The summed E-state index contributed by atoms with van der Waals surface area (Å²) >= 11 is 0. The largest absolute Gasteiger partial charge is 0.493 e. The first-order chi connectivity index (χ1) is 21.1. The zero-order chi connectivity index (χ0) is 31.3. The standard InChI is InChI=1S/C32H31N4O7P/c1-22-27(33-32(43-22)24-10-6-4-7-11-24)21-42-28-15-14-23(18-29(28)41-3)19-30(37)35(2)31-25(16-17-44(38,39)40)20-36(34-31)26-12-8-5-9-13-26/h4-18,20H,19,21H2,1-3H3,(H2,38,39,40). The lowest BCUT2D eigenvalue weighted by molar-refractivity contribution is -0.117. The Labute approximate surface area is 254 Å². The molecule has 3 aromatic carbocycles. The second kappa shape index (κ2) is 13.1. The van der Waals surface area contributed by atoms with Crippen molar-refractivity contribution in [3.05, 3.63) is 113 Å². The van der Waals surface area contributed by atoms with Crippen molar-refractivity contribution in [3.63, 3.8) is 0 Å². The fourth-order valence-electron chi connectivity index (χ4n) is 4.41. The summed E-state index contributed by atoms with van der Waals surface area (Å²) in [6, 6.07) is 24.0. The van der Waals surface area contributed by atoms with Crippen molar-refractivity contribution < 1.29 is 33.0 Å². The Hall–Kier alpha value is -4.96. The quantitative estimate of drug-likeness (QED) is 0.177. The van der Waals surface area contributed by atoms with Gasteiger partial charge in [-0.3, -0.25) is 14.3 Å². The molecular formula is C32H31N4O7P. The highest BCUT2D eigenvalue weighted by Crippen LogP contribution is 2.38. The van der Waals surface area contributed by atoms with Gasteiger partial charge in [0.1, 0.15) is 18.1 Å². The molecule has 2 heterocycles. The van der Waals surface area contributed by atoms with E-state index in [2.05, 4.69) is 10.1 Å². The molecule has 0 aliphatic heterocycles. The Balaban J connectivity index is 1.31. The zero-order valence-electron chi connectivity index (χ0n) is 24.3. The van der Waals surface area contributed by atoms with Crippen LogP contribution in [0.2, 0.25) is 0 Å². The number of benzene rings is 3. The van der Waals surface area contributed by atoms with Crippen LogP contribution in [0.4, 0.5) is 5.82 Å². The maximum absolute atomic E-state index is 13.4. The monoisotopic (exact) mass is 614 g/mol. The Morgan fingerprint density at radius 1 is 1.05 bits per heavy atom. The maximum Gasteiger partial charge on any atom is 0.349 e. The predicted molar refractivity (Wildman–Crippen MR) is 166 cm³/mol. The van der Waals surface area contributed by atoms with Crippen molar-refractivity contribution in [3.8, 4) is 28.6 Å². The third kappa shape index (κ3) is 7.33. The number of carbonyl (C=O) groups is 1. The van der Waals surface area contributed by atoms with Gasteiger partial charge in [-0.2, -0.15) is 0 Å². The predicted octanol–water partition coefficient (Wildman–Crippen LogP) is 5.78. The molecule has 0 saturated carbocycles. The third-order valence-electron chi connectivity index (χ3n) is 6.74. The van der Waals surface area contributed by atoms with E-state index in [4.69, 9.17) is 13.9 Å². The molecule has 12 heteroatoms. The SMILES string of the molecule is COc1cc(CC(=O)N(C)c2nn(-c3ccccc3)cc2C=CP(=O)(O)O)ccc1OCc1nc(-c2ccccc2)oc1C. The number of carbonyl (C=O) groups excluding carboxylic acids is 1. The first-order valence-corrected chi connectivity index (χ1v) is 15.3. The molecular weight excluding hydrogens is 583 g/mol. The zero-order valence-corrected chi connectivity index (χ0v) is 25.2. The number of aryl methyl sites for hydroxylation is 1. The number of hydrogen-bond acceptors (Lipinski definition) is 7. The van der Waals surface area contributed by atoms with Crippen molar-refractivity contribution >= 4 is 25.4 Å². The van der Waals surface area contributed by atoms with Gasteiger partial charge in [0.15, 0.2) is 17.3 Å². The summed E-state index contributed by atoms with van der Waals surface area (Å²) in [5.74, 6) is 2.82. The van der Waals surface area contributed by atoms with Crippen LogP contribution in [-0.4, -0.2) is 44.6 Å². The van der Waals surface area contributed by atoms with Gasteiger partial charge in [-0.05, 0) is 55.0 Å². The van der Waals surface area contributed by atoms with Gasteiger partial charge in [0.2, 0.25) is 11.8 Å². The summed E-state index contributed by atoms with van der Waals surface area (Å²) in [5, 5.41) is 4.53. The van der Waals surface area contributed by atoms with Gasteiger partial charge in [0.05, 0.1) is 19.2 Å². The van der Waals surface area contributed by atoms with Crippen LogP contribution in [-0.2, 0) is 22.4 Å². The van der Waals surface area contributed by atoms with E-state index in [0.717, 1.165) is 17.1 Å². The highest BCUT2D eigenvalue weighted by atomic mass is 31.2. The molecule has 0 atom stereocenters. The van der Waals surface area contributed by atoms with E-state index >= 15 is 0 Å². The van der Waals surface area contributed by atoms with E-state index in [0.29, 0.717) is 40.0 Å². The number of nitrogens with zero attached hydrogens (tertiary/aromatic N) is 4. The number of rotatable bonds is 11. The van der Waals surface area contributed by atoms with Crippen molar-refractivity contribution in [1.29, 1.82) is 0 Å². The number of anilines is 1. The molecule has 0 spiro atoms. The average molecular weight is 615 g/mol. The number of likely N-dealkylation sites (N-methyl/N-ethyl adjacent to an activating group) is 1. The summed E-state index contributed by atoms with van der Waals surface area (Å²) in [4.78, 5) is 38.0. The molecule has 5 aromatic rings. The Morgan fingerprint density at radius 2 is 1.75 bits per heavy atom. The molecule has 0 fully saturated rings. The molecule has 44 heavy (non-hydrogen) atoms. The van der Waals surface area contributed by atoms with Crippen LogP contribution in [0.1, 0.15) is 22.6 Å². The average Bonchev–Trinajstić information content (AvgIpc) is 3.63. The van der Waals surface area contributed by atoms with E-state index < -0.39 is 7.60 Å². The van der Waals surface area contributed by atoms with Crippen molar-refractivity contribution in [2.45, 2.75) is 20.0 Å². The fourth-order valence-corrected chi connectivity index (χ4v) is 4.77. The highest BCUT2D eigenvalue weighted by molar-refractivity contribution is 7.55. The van der Waals surface area contributed by atoms with Crippen LogP contribution in [0.5, 0.6) is 11.5 Å². The lowest BCUT2D eigenvalue weighted by atomic mass is 10.1. The summed E-state index contributed by atoms with van der Waals surface area (Å²) in [6.07, 6.45) is 2.88. The molecule has 2 N–H and O–H groups in total. The minimum absolute atomic E-state index is 0.00974. The molecule has 2 aromatic heterocycles. The van der Waals surface area contributed by atoms with Crippen LogP contribution < -0.4 is 14.4 Å². The molecule has 0 aliphatic rings. The van der Waals surface area contributed by atoms with Crippen LogP contribution in [0.15, 0.2) is 95.3 Å². The molecule has 0 saturated heterocycles. The van der Waals surface area contributed by atoms with E-state index in [-0.39, 0.29) is 24.8 Å². The van der Waals surface area contributed by atoms with E-state index in [1.54, 1.807) is 36.1 Å². The first-order valence-electron chi connectivity index (χ1n) is 13.6. The number of methoxy groups -OCH3 is 1. The number of hydrogen-bond donors (Lipinski definition) is 2. The van der Waals surface area contributed by atoms with Crippen LogP contribution >= 0.6 is 7.60 Å². The number of amides is 1. The van der Waals surface area contributed by atoms with Crippen LogP contribution in [0.25, 0.3) is 23.2 Å². The number of aromatic nitrogens is 3. The van der Waals surface area contributed by atoms with Gasteiger partial charge in [-0.25, -0.2) is 9.67 Å². The second-order valence-electron chi connectivity index (χ2n) is 9.88. The van der Waals surface area contributed by atoms with Gasteiger partial charge in [0.25, 0.3) is 0 Å². The Kier molecular flexibility index (Phi) is 9.10. The summed E-state index contributed by atoms with van der Waals surface area (Å²) in [6.45, 7) is 1.99. The van der Waals surface area contributed by atoms with Crippen molar-refractivity contribution in [2.75, 3.05) is 19.1 Å². The topological polar surface area (TPSA) is 140 Å². The summed E-state index contributed by atoms with van der Waals surface area (Å²) in [5.41, 5.74) is 3.29. The van der Waals surface area contributed by atoms with Gasteiger partial charge in [0, 0.05) is 30.2 Å². The molecule has 11 nitrogen and oxygen atoms in total. The van der Waals surface area contributed by atoms with Gasteiger partial charge < -0.3 is 23.7 Å². The smallest absolute Gasteiger partial charge is 0.349 e. The van der Waals surface area contributed by atoms with Crippen LogP contribution in [0.3, 0.4) is 0 Å². The fraction of sp³-hybridized carbons (Fsp3) is 0.156. The third-order valence-corrected chi connectivity index (χ3v) is 7.28. The van der Waals surface area contributed by atoms with E-state index in [1.165, 1.54) is 18.1 Å². The maximum atomic E-state index is 13.4. The summed E-state index contributed by atoms with van der Waals surface area (Å²) in [7, 11) is -1.35. The number of oxazole rings is 1. The highest BCUT2D eigenvalue weighted by Gasteiger charge is 2.21. The normalized spacial score (nSPS) is 11.6. The van der Waals surface area contributed by atoms with Crippen LogP contribution in [0, 0.1) is 6.92 Å². The van der Waals surface area contributed by atoms with Gasteiger partial charge >= 0.3 is 7.60 Å². The van der Waals surface area contributed by atoms with Crippen molar-refractivity contribution in [1.82, 2.24) is 14.8 Å². The lowest BCUT2D eigenvalue weighted by Crippen LogP contribution is -2.29.